The fourth-order valence-corrected chi connectivity index (χ4v) is 0. The van der Waals surface area contributed by atoms with Crippen LogP contribution < -0.4 is 0 Å². The zero-order valence-corrected chi connectivity index (χ0v) is 8.45. The molecule has 4 N–H and O–H groups in total. The van der Waals surface area contributed by atoms with Crippen LogP contribution in [0.3, 0.4) is 0 Å². The largest absolute Gasteiger partial charge is 4.00 e. The fourth-order valence-electron chi connectivity index (χ4n) is 0. The van der Waals surface area contributed by atoms with Gasteiger partial charge in [-0.3, -0.25) is 0 Å². The van der Waals surface area contributed by atoms with Gasteiger partial charge in [0.2, 0.25) is 0 Å². The van der Waals surface area contributed by atoms with Gasteiger partial charge in [-0.1, -0.05) is 50.0 Å². The van der Waals surface area contributed by atoms with Crippen LogP contribution in [0.5, 0.6) is 0 Å². The normalized spacial score (nSPS) is 1.50. The van der Waals surface area contributed by atoms with Gasteiger partial charge in [0.25, 0.3) is 0 Å². The van der Waals surface area contributed by atoms with Crippen molar-refractivity contribution < 1.29 is 21.1 Å². The molecule has 3 heteroatoms. The van der Waals surface area contributed by atoms with E-state index in [2.05, 4.69) is 13.8 Å². The first-order valence-corrected chi connectivity index (χ1v) is 1.41. The summed E-state index contributed by atoms with van der Waals surface area (Å²) < 4.78 is 0. The van der Waals surface area contributed by atoms with Gasteiger partial charge in [-0.2, -0.15) is 0 Å². The zero-order valence-electron chi connectivity index (χ0n) is 6.18. The molecule has 0 aromatic carbocycles. The Morgan fingerprint density at radius 3 is 0.667 bits per heavy atom. The maximum absolute atomic E-state index is 2.12. The molecule has 0 amide bonds. The second-order valence-corrected chi connectivity index (χ2v) is 0.707. The van der Waals surface area contributed by atoms with Crippen LogP contribution in [0.2, 0.25) is 0 Å². The van der Waals surface area contributed by atoms with Gasteiger partial charge < -0.3 is 27.2 Å². The summed E-state index contributed by atoms with van der Waals surface area (Å²) >= 11 is 0. The van der Waals surface area contributed by atoms with Gasteiger partial charge in [-0.15, -0.1) is 0 Å². The summed E-state index contributed by atoms with van der Waals surface area (Å²) in [5.41, 5.74) is 0. The molecule has 0 fully saturated rings. The molecule has 0 spiro atoms. The topological polar surface area (TPSA) is 67.0 Å². The maximum Gasteiger partial charge on any atom is 4.00 e. The van der Waals surface area contributed by atoms with Crippen LogP contribution in [0.4, 0.5) is 0 Å². The first-order valence-electron chi connectivity index (χ1n) is 1.41. The quantitative estimate of drug-likeness (QED) is 0.453. The summed E-state index contributed by atoms with van der Waals surface area (Å²) in [5.74, 6) is 0. The molecule has 90 valence electrons. The van der Waals surface area contributed by atoms with Gasteiger partial charge >= 0.3 is 21.1 Å². The molecule has 0 rings (SSSR count). The van der Waals surface area contributed by atoms with Crippen LogP contribution in [0.25, 0.3) is 12.3 Å². The van der Waals surface area contributed by atoms with Crippen molar-refractivity contribution in [2.24, 2.45) is 0 Å². The van der Waals surface area contributed by atoms with E-state index in [0.717, 1.165) is 0 Å². The van der Waals surface area contributed by atoms with Crippen molar-refractivity contribution in [1.29, 1.82) is 0 Å². The average molecular weight is 365 g/mol. The standard InChI is InChI=1S/C3H8.4CH4.2CH3.2H2N.Pt/c1-3-2;;;;;;;;;/h3H2,1-2H3;4*1H4;2*1H3;2*1H2;/q;;;;;4*-1;+4. The molecule has 0 unspecified atom stereocenters. The first kappa shape index (κ1) is 250. The summed E-state index contributed by atoms with van der Waals surface area (Å²) in [6.07, 6.45) is 1.25. The fraction of sp³-hybridized carbons (Fsp3) is 0.778. The molecule has 0 atom stereocenters. The number of nitrogens with two attached hydrogens (primary N) is 2. The Morgan fingerprint density at radius 1 is 0.667 bits per heavy atom. The predicted molar refractivity (Wildman–Crippen MR) is 66.3 cm³/mol. The van der Waals surface area contributed by atoms with Crippen LogP contribution >= 0.6 is 0 Å². The van der Waals surface area contributed by atoms with Crippen LogP contribution in [0.15, 0.2) is 0 Å². The van der Waals surface area contributed by atoms with Crippen LogP contribution in [0, 0.1) is 14.9 Å². The van der Waals surface area contributed by atoms with Gasteiger partial charge in [0.1, 0.15) is 0 Å². The first-order chi connectivity index (χ1) is 1.41. The Labute approximate surface area is 98.4 Å². The molecule has 0 heterocycles. The third-order valence-corrected chi connectivity index (χ3v) is 0. The van der Waals surface area contributed by atoms with Crippen LogP contribution in [-0.4, -0.2) is 0 Å². The zero-order chi connectivity index (χ0) is 2.71. The second-order valence-electron chi connectivity index (χ2n) is 0.707. The Bertz CT molecular complexity index is 12.5. The Hall–Kier alpha value is 0.608. The van der Waals surface area contributed by atoms with Crippen molar-refractivity contribution in [2.75, 3.05) is 0 Å². The molecular formula is C9H34N2Pt. The number of hydrogen-bond acceptors (Lipinski definition) is 0. The molecule has 0 aliphatic carbocycles. The van der Waals surface area contributed by atoms with E-state index >= 15 is 0 Å². The summed E-state index contributed by atoms with van der Waals surface area (Å²) in [6, 6.07) is 0. The summed E-state index contributed by atoms with van der Waals surface area (Å²) in [6.45, 7) is 4.25. The van der Waals surface area contributed by atoms with Gasteiger partial charge in [0, 0.05) is 0 Å². The van der Waals surface area contributed by atoms with Crippen molar-refractivity contribution in [3.63, 3.8) is 0 Å². The van der Waals surface area contributed by atoms with Crippen molar-refractivity contribution in [3.8, 4) is 0 Å². The Morgan fingerprint density at radius 2 is 0.667 bits per heavy atom. The SMILES string of the molecule is C.C.C.C.CCC.[CH3-].[CH3-].[NH2-].[NH2-].[Pt+4]. The number of hydrogen-bond donors (Lipinski definition) is 0. The molecule has 0 aromatic rings. The van der Waals surface area contributed by atoms with Gasteiger partial charge in [0.05, 0.1) is 0 Å². The minimum atomic E-state index is 0. The van der Waals surface area contributed by atoms with Gasteiger partial charge in [-0.25, -0.2) is 0 Å². The average Bonchev–Trinajstić information content (AvgIpc) is 0.918. The van der Waals surface area contributed by atoms with Crippen molar-refractivity contribution in [1.82, 2.24) is 0 Å². The molecule has 2 nitrogen and oxygen atoms in total. The molecule has 0 saturated carbocycles. The van der Waals surface area contributed by atoms with E-state index in [9.17, 15) is 0 Å². The van der Waals surface area contributed by atoms with Crippen molar-refractivity contribution >= 4 is 0 Å². The second kappa shape index (κ2) is 505. The Balaban J connectivity index is -0.000000000556. The smallest absolute Gasteiger partial charge is 0.693 e. The molecule has 0 aliphatic rings. The van der Waals surface area contributed by atoms with E-state index in [-0.39, 0.29) is 77.9 Å². The molecular weight excluding hydrogens is 331 g/mol. The van der Waals surface area contributed by atoms with Crippen molar-refractivity contribution in [2.45, 2.75) is 50.0 Å². The van der Waals surface area contributed by atoms with E-state index in [4.69, 9.17) is 0 Å². The van der Waals surface area contributed by atoms with E-state index in [0.29, 0.717) is 0 Å². The monoisotopic (exact) mass is 365 g/mol. The van der Waals surface area contributed by atoms with E-state index in [1.807, 2.05) is 0 Å². The van der Waals surface area contributed by atoms with Crippen LogP contribution in [0.1, 0.15) is 50.0 Å². The van der Waals surface area contributed by atoms with Gasteiger partial charge in [-0.05, 0) is 0 Å². The van der Waals surface area contributed by atoms with Crippen LogP contribution in [-0.2, 0) is 21.1 Å². The minimum absolute atomic E-state index is 0. The molecule has 12 heavy (non-hydrogen) atoms. The van der Waals surface area contributed by atoms with Gasteiger partial charge in [0.15, 0.2) is 0 Å². The third-order valence-electron chi connectivity index (χ3n) is 0. The summed E-state index contributed by atoms with van der Waals surface area (Å²) in [5, 5.41) is 0. The molecule has 0 saturated heterocycles. The maximum atomic E-state index is 2.12. The molecule has 0 bridgehead atoms. The minimum Gasteiger partial charge on any atom is -0.693 e. The van der Waals surface area contributed by atoms with Crippen molar-refractivity contribution in [3.05, 3.63) is 27.2 Å². The van der Waals surface area contributed by atoms with E-state index in [1.54, 1.807) is 0 Å². The number of rotatable bonds is 0. The molecule has 0 aliphatic heterocycles. The molecule has 0 aromatic heterocycles. The predicted octanol–water partition coefficient (Wildman–Crippen LogP) is 6.29. The molecule has 0 radical (unpaired) electrons. The summed E-state index contributed by atoms with van der Waals surface area (Å²) in [4.78, 5) is 0. The van der Waals surface area contributed by atoms with E-state index < -0.39 is 0 Å². The third kappa shape index (κ3) is 2650. The summed E-state index contributed by atoms with van der Waals surface area (Å²) in [7, 11) is 0. The van der Waals surface area contributed by atoms with E-state index in [1.165, 1.54) is 6.42 Å². The Kier molecular flexibility index (Phi) is 10500.